The molecule has 0 bridgehead atoms. The third-order valence-corrected chi connectivity index (χ3v) is 0.541. The van der Waals surface area contributed by atoms with Gasteiger partial charge in [0.15, 0.2) is 5.97 Å². The molecule has 139 valence electrons. The molecular weight excluding hydrogens is 419 g/mol. The van der Waals surface area contributed by atoms with E-state index in [-0.39, 0.29) is 45.0 Å². The number of hydrogen-bond acceptors (Lipinski definition) is 7. The Morgan fingerprint density at radius 1 is 0.522 bits per heavy atom. The van der Waals surface area contributed by atoms with Crippen LogP contribution in [0.15, 0.2) is 0 Å². The normalized spacial score (nSPS) is 5.74. The van der Waals surface area contributed by atoms with Crippen molar-refractivity contribution in [3.63, 3.8) is 0 Å². The van der Waals surface area contributed by atoms with Crippen molar-refractivity contribution in [2.45, 2.75) is 0 Å². The number of quaternary nitrogens is 1. The van der Waals surface area contributed by atoms with E-state index < -0.39 is 35.8 Å². The fourth-order valence-electron chi connectivity index (χ4n) is 0. The maximum atomic E-state index is 9.10. The SMILES string of the molecule is O.O.O.O=C(O)C(=O)O.O=C(O)C(=O)O.O=C([O-])C(=O)O.[NH4+].[Nb]. The molecule has 23 heavy (non-hydrogen) atoms. The summed E-state index contributed by atoms with van der Waals surface area (Å²) in [6.07, 6.45) is 0. The first-order chi connectivity index (χ1) is 7.93. The van der Waals surface area contributed by atoms with Gasteiger partial charge in [-0.05, 0) is 0 Å². The van der Waals surface area contributed by atoms with E-state index in [1.54, 1.807) is 0 Å². The van der Waals surface area contributed by atoms with Crippen molar-refractivity contribution in [1.82, 2.24) is 6.15 Å². The summed E-state index contributed by atoms with van der Waals surface area (Å²) in [5.74, 6) is -11.3. The summed E-state index contributed by atoms with van der Waals surface area (Å²) in [4.78, 5) is 54.4. The summed E-state index contributed by atoms with van der Waals surface area (Å²) in [6.45, 7) is 0. The van der Waals surface area contributed by atoms with E-state index >= 15 is 0 Å². The molecule has 0 fully saturated rings. The van der Waals surface area contributed by atoms with Crippen LogP contribution in [0.3, 0.4) is 0 Å². The Labute approximate surface area is 141 Å². The Kier molecular flexibility index (Phi) is 60.1. The van der Waals surface area contributed by atoms with Gasteiger partial charge in [-0.25, -0.2) is 24.0 Å². The van der Waals surface area contributed by atoms with Gasteiger partial charge in [-0.3, -0.25) is 0 Å². The number of carbonyl (C=O) groups excluding carboxylic acids is 1. The predicted octanol–water partition coefficient (Wildman–Crippen LogP) is -5.97. The fourth-order valence-corrected chi connectivity index (χ4v) is 0. The van der Waals surface area contributed by atoms with Crippen molar-refractivity contribution < 1.29 is 98.2 Å². The molecule has 0 saturated heterocycles. The van der Waals surface area contributed by atoms with Gasteiger partial charge in [0.1, 0.15) is 0 Å². The third-order valence-electron chi connectivity index (χ3n) is 0.541. The topological polar surface area (TPSA) is 358 Å². The molecule has 15 N–H and O–H groups in total. The van der Waals surface area contributed by atoms with Gasteiger partial charge in [0, 0.05) is 22.4 Å². The summed E-state index contributed by atoms with van der Waals surface area (Å²) in [7, 11) is 0. The summed E-state index contributed by atoms with van der Waals surface area (Å²) in [5, 5.41) is 45.9. The van der Waals surface area contributed by atoms with Crippen molar-refractivity contribution in [3.05, 3.63) is 0 Å². The molecular formula is C6H15NNbO15. The van der Waals surface area contributed by atoms with Crippen LogP contribution < -0.4 is 11.3 Å². The molecule has 0 rings (SSSR count). The average Bonchev–Trinajstić information content (AvgIpc) is 2.18. The summed E-state index contributed by atoms with van der Waals surface area (Å²) < 4.78 is 0. The molecule has 16 nitrogen and oxygen atoms in total. The Morgan fingerprint density at radius 3 is 0.609 bits per heavy atom. The van der Waals surface area contributed by atoms with E-state index in [4.69, 9.17) is 59.4 Å². The molecule has 0 aliphatic carbocycles. The third kappa shape index (κ3) is 66.5. The monoisotopic (exact) mass is 434 g/mol. The molecule has 1 radical (unpaired) electrons. The summed E-state index contributed by atoms with van der Waals surface area (Å²) in [6, 6.07) is 0. The van der Waals surface area contributed by atoms with E-state index in [2.05, 4.69) is 0 Å². The molecule has 17 heteroatoms. The maximum absolute atomic E-state index is 9.10. The van der Waals surface area contributed by atoms with Gasteiger partial charge >= 0.3 is 29.8 Å². The van der Waals surface area contributed by atoms with Gasteiger partial charge < -0.3 is 58.0 Å². The average molecular weight is 434 g/mol. The van der Waals surface area contributed by atoms with Crippen LogP contribution in [0.1, 0.15) is 0 Å². The van der Waals surface area contributed by atoms with E-state index in [0.29, 0.717) is 0 Å². The van der Waals surface area contributed by atoms with Crippen LogP contribution in [0.25, 0.3) is 0 Å². The van der Waals surface area contributed by atoms with Crippen molar-refractivity contribution in [3.8, 4) is 0 Å². The number of carboxylic acids is 6. The van der Waals surface area contributed by atoms with Crippen LogP contribution in [0, 0.1) is 0 Å². The van der Waals surface area contributed by atoms with Crippen LogP contribution in [0.5, 0.6) is 0 Å². The number of carbonyl (C=O) groups is 6. The van der Waals surface area contributed by atoms with Crippen molar-refractivity contribution in [1.29, 1.82) is 0 Å². The van der Waals surface area contributed by atoms with Crippen LogP contribution in [-0.2, 0) is 51.1 Å². The van der Waals surface area contributed by atoms with Gasteiger partial charge in [0.2, 0.25) is 0 Å². The van der Waals surface area contributed by atoms with Crippen LogP contribution in [0.2, 0.25) is 0 Å². The van der Waals surface area contributed by atoms with Crippen molar-refractivity contribution in [2.24, 2.45) is 0 Å². The number of rotatable bonds is 0. The van der Waals surface area contributed by atoms with Gasteiger partial charge in [0.05, 0.1) is 0 Å². The summed E-state index contributed by atoms with van der Waals surface area (Å²) >= 11 is 0. The van der Waals surface area contributed by atoms with E-state index in [0.717, 1.165) is 0 Å². The van der Waals surface area contributed by atoms with E-state index in [1.165, 1.54) is 0 Å². The smallest absolute Gasteiger partial charge is 0.414 e. The Morgan fingerprint density at radius 2 is 0.609 bits per heavy atom. The molecule has 0 aromatic carbocycles. The second-order valence-electron chi connectivity index (χ2n) is 1.81. The zero-order valence-electron chi connectivity index (χ0n) is 11.0. The van der Waals surface area contributed by atoms with Gasteiger partial charge in [-0.1, -0.05) is 0 Å². The minimum atomic E-state index is -2.07. The zero-order valence-corrected chi connectivity index (χ0v) is 13.2. The van der Waals surface area contributed by atoms with Crippen molar-refractivity contribution in [2.75, 3.05) is 0 Å². The Hall–Kier alpha value is -2.60. The van der Waals surface area contributed by atoms with Gasteiger partial charge in [-0.2, -0.15) is 0 Å². The second kappa shape index (κ2) is 27.7. The minimum absolute atomic E-state index is 0. The first-order valence-electron chi connectivity index (χ1n) is 3.30. The quantitative estimate of drug-likeness (QED) is 0.153. The molecule has 0 aromatic rings. The maximum Gasteiger partial charge on any atom is 0.414 e. The second-order valence-corrected chi connectivity index (χ2v) is 1.81. The molecule has 0 aliphatic heterocycles. The largest absolute Gasteiger partial charge is 0.539 e. The van der Waals surface area contributed by atoms with E-state index in [1.807, 2.05) is 0 Å². The molecule has 0 unspecified atom stereocenters. The molecule has 0 heterocycles. The molecule has 0 atom stereocenters. The number of aliphatic carboxylic acids is 6. The summed E-state index contributed by atoms with van der Waals surface area (Å²) in [5.41, 5.74) is 0. The first-order valence-corrected chi connectivity index (χ1v) is 3.30. The Balaban J connectivity index is -0.0000000221. The van der Waals surface area contributed by atoms with Crippen LogP contribution in [0.4, 0.5) is 0 Å². The predicted molar refractivity (Wildman–Crippen MR) is 60.0 cm³/mol. The fraction of sp³-hybridized carbons (Fsp3) is 0. The standard InChI is InChI=1S/3C2H2O4.H3N.Nb.3H2O/c3*3-1(4)2(5)6;;;;;/h3*(H,3,4)(H,5,6);1H3;;3*1H2. The molecule has 0 amide bonds. The first kappa shape index (κ1) is 49.9. The van der Waals surface area contributed by atoms with Gasteiger partial charge in [-0.15, -0.1) is 0 Å². The van der Waals surface area contributed by atoms with Gasteiger partial charge in [0.25, 0.3) is 0 Å². The molecule has 0 aliphatic rings. The molecule has 0 aromatic heterocycles. The Bertz CT molecular complexity index is 285. The number of carboxylic acid groups (broad SMARTS) is 6. The number of hydrogen-bond donors (Lipinski definition) is 6. The zero-order chi connectivity index (χ0) is 15.5. The van der Waals surface area contributed by atoms with Crippen LogP contribution >= 0.6 is 0 Å². The molecule has 0 spiro atoms. The molecule has 0 saturated carbocycles. The van der Waals surface area contributed by atoms with Crippen LogP contribution in [-0.4, -0.2) is 77.8 Å². The van der Waals surface area contributed by atoms with Crippen molar-refractivity contribution >= 4 is 35.8 Å². The van der Waals surface area contributed by atoms with E-state index in [9.17, 15) is 0 Å². The minimum Gasteiger partial charge on any atom is -0.539 e.